The van der Waals surface area contributed by atoms with Crippen LogP contribution in [0.3, 0.4) is 0 Å². The first kappa shape index (κ1) is 30.2. The second-order valence-corrected chi connectivity index (χ2v) is 15.5. The fourth-order valence-electron chi connectivity index (χ4n) is 8.54. The second-order valence-electron chi connectivity index (χ2n) is 14.4. The molecule has 0 fully saturated rings. The monoisotopic (exact) mass is 696 g/mol. The van der Waals surface area contributed by atoms with Gasteiger partial charge in [-0.15, -0.1) is 11.3 Å². The van der Waals surface area contributed by atoms with Crippen LogP contribution < -0.4 is 0 Å². The smallest absolute Gasteiger partial charge is 0.166 e. The fourth-order valence-corrected chi connectivity index (χ4v) is 9.75. The molecule has 0 N–H and O–H groups in total. The third-order valence-electron chi connectivity index (χ3n) is 11.1. The van der Waals surface area contributed by atoms with E-state index in [1.54, 1.807) is 11.3 Å². The molecular formula is C48H32N4S. The highest BCUT2D eigenvalue weighted by Gasteiger charge is 2.36. The topological polar surface area (TPSA) is 43.6 Å². The van der Waals surface area contributed by atoms with Crippen molar-refractivity contribution in [1.29, 1.82) is 0 Å². The summed E-state index contributed by atoms with van der Waals surface area (Å²) in [6.07, 6.45) is 0. The van der Waals surface area contributed by atoms with Gasteiger partial charge in [0.1, 0.15) is 0 Å². The van der Waals surface area contributed by atoms with E-state index in [0.717, 1.165) is 27.9 Å². The average molecular weight is 697 g/mol. The Hall–Kier alpha value is -6.43. The highest BCUT2D eigenvalue weighted by atomic mass is 32.1. The van der Waals surface area contributed by atoms with Crippen LogP contribution >= 0.6 is 11.3 Å². The molecule has 1 aliphatic carbocycles. The molecule has 4 nitrogen and oxygen atoms in total. The van der Waals surface area contributed by atoms with Gasteiger partial charge in [-0.05, 0) is 64.7 Å². The molecule has 7 aromatic carbocycles. The Kier molecular flexibility index (Phi) is 6.43. The number of thiophene rings is 1. The summed E-state index contributed by atoms with van der Waals surface area (Å²) in [6, 6.07) is 56.3. The van der Waals surface area contributed by atoms with E-state index in [1.165, 1.54) is 58.7 Å². The van der Waals surface area contributed by atoms with Crippen LogP contribution in [0.15, 0.2) is 158 Å². The van der Waals surface area contributed by atoms with E-state index in [2.05, 4.69) is 158 Å². The third kappa shape index (κ3) is 4.44. The van der Waals surface area contributed by atoms with E-state index in [0.29, 0.717) is 17.5 Å². The Bertz CT molecular complexity index is 3100. The normalized spacial score (nSPS) is 13.2. The number of aromatic nitrogens is 4. The van der Waals surface area contributed by atoms with Crippen LogP contribution in [-0.2, 0) is 5.41 Å². The summed E-state index contributed by atoms with van der Waals surface area (Å²) in [5, 5.41) is 4.93. The third-order valence-corrected chi connectivity index (χ3v) is 12.3. The summed E-state index contributed by atoms with van der Waals surface area (Å²) >= 11 is 1.79. The lowest BCUT2D eigenvalue weighted by atomic mass is 9.82. The summed E-state index contributed by atoms with van der Waals surface area (Å²) in [5.74, 6) is 1.96. The zero-order chi connectivity index (χ0) is 35.3. The van der Waals surface area contributed by atoms with Crippen molar-refractivity contribution < 1.29 is 0 Å². The maximum absolute atomic E-state index is 5.33. The Morgan fingerprint density at radius 1 is 0.453 bits per heavy atom. The number of benzene rings is 7. The van der Waals surface area contributed by atoms with Crippen LogP contribution in [0.2, 0.25) is 0 Å². The molecular weight excluding hydrogens is 665 g/mol. The second kappa shape index (κ2) is 11.3. The summed E-state index contributed by atoms with van der Waals surface area (Å²) in [4.78, 5) is 15.7. The maximum atomic E-state index is 5.33. The zero-order valence-electron chi connectivity index (χ0n) is 29.2. The minimum atomic E-state index is -0.123. The Balaban J connectivity index is 1.18. The molecule has 1 aliphatic rings. The van der Waals surface area contributed by atoms with Gasteiger partial charge in [0.15, 0.2) is 17.5 Å². The Labute approximate surface area is 310 Å². The lowest BCUT2D eigenvalue weighted by Gasteiger charge is -2.22. The first-order valence-corrected chi connectivity index (χ1v) is 18.9. The van der Waals surface area contributed by atoms with E-state index in [1.807, 2.05) is 18.2 Å². The highest BCUT2D eigenvalue weighted by Crippen LogP contribution is 2.51. The summed E-state index contributed by atoms with van der Waals surface area (Å²) < 4.78 is 4.84. The van der Waals surface area contributed by atoms with Crippen LogP contribution in [0.4, 0.5) is 0 Å². The van der Waals surface area contributed by atoms with Gasteiger partial charge in [0.05, 0.1) is 16.7 Å². The van der Waals surface area contributed by atoms with Gasteiger partial charge in [0.25, 0.3) is 0 Å². The van der Waals surface area contributed by atoms with E-state index in [-0.39, 0.29) is 5.41 Å². The molecule has 0 amide bonds. The molecule has 3 heterocycles. The molecule has 0 aliphatic heterocycles. The highest BCUT2D eigenvalue weighted by molar-refractivity contribution is 7.26. The quantitative estimate of drug-likeness (QED) is 0.184. The number of hydrogen-bond acceptors (Lipinski definition) is 4. The van der Waals surface area contributed by atoms with Crippen molar-refractivity contribution in [2.24, 2.45) is 0 Å². The van der Waals surface area contributed by atoms with Gasteiger partial charge in [-0.1, -0.05) is 129 Å². The Morgan fingerprint density at radius 2 is 1.09 bits per heavy atom. The van der Waals surface area contributed by atoms with E-state index in [9.17, 15) is 0 Å². The Morgan fingerprint density at radius 3 is 1.96 bits per heavy atom. The minimum Gasteiger partial charge on any atom is -0.308 e. The van der Waals surface area contributed by atoms with Crippen molar-refractivity contribution in [3.05, 3.63) is 169 Å². The zero-order valence-corrected chi connectivity index (χ0v) is 30.0. The number of para-hydroxylation sites is 2. The fraction of sp³-hybridized carbons (Fsp3) is 0.0625. The van der Waals surface area contributed by atoms with Crippen molar-refractivity contribution in [1.82, 2.24) is 19.5 Å². The predicted molar refractivity (Wildman–Crippen MR) is 221 cm³/mol. The maximum Gasteiger partial charge on any atom is 0.166 e. The first-order valence-electron chi connectivity index (χ1n) is 18.0. The van der Waals surface area contributed by atoms with Gasteiger partial charge in [-0.25, -0.2) is 15.0 Å². The average Bonchev–Trinajstić information content (AvgIpc) is 3.83. The summed E-state index contributed by atoms with van der Waals surface area (Å²) in [7, 11) is 0. The standard InChI is InChI=1S/C48H32N4S/c1-48(2)38-23-10-6-17-30(38)36-27-37-31-18-7-11-24-40(31)52(42(37)28-39(36)48)41-25-12-8-20-34(41)46-49-45(29-15-4-3-5-16-29)50-47(51-46)35-22-14-21-33-32-19-9-13-26-43(32)53-44(33)35/h3-28H,1-2H3. The molecule has 0 radical (unpaired) electrons. The molecule has 0 unspecified atom stereocenters. The number of fused-ring (bicyclic) bond motifs is 9. The molecule has 0 spiro atoms. The van der Waals surface area contributed by atoms with E-state index < -0.39 is 0 Å². The first-order chi connectivity index (χ1) is 26.0. The molecule has 10 aromatic rings. The van der Waals surface area contributed by atoms with Gasteiger partial charge in [-0.3, -0.25) is 0 Å². The lowest BCUT2D eigenvalue weighted by molar-refractivity contribution is 0.661. The lowest BCUT2D eigenvalue weighted by Crippen LogP contribution is -2.15. The van der Waals surface area contributed by atoms with E-state index >= 15 is 0 Å². The summed E-state index contributed by atoms with van der Waals surface area (Å²) in [5.41, 5.74) is 11.5. The van der Waals surface area contributed by atoms with E-state index in [4.69, 9.17) is 15.0 Å². The van der Waals surface area contributed by atoms with Crippen molar-refractivity contribution >= 4 is 53.3 Å². The van der Waals surface area contributed by atoms with Crippen LogP contribution in [0.5, 0.6) is 0 Å². The molecule has 0 saturated carbocycles. The van der Waals surface area contributed by atoms with Crippen molar-refractivity contribution in [2.45, 2.75) is 19.3 Å². The van der Waals surface area contributed by atoms with Gasteiger partial charge in [0, 0.05) is 53.1 Å². The molecule has 0 bridgehead atoms. The van der Waals surface area contributed by atoms with Gasteiger partial charge in [0.2, 0.25) is 0 Å². The largest absolute Gasteiger partial charge is 0.308 e. The molecule has 0 atom stereocenters. The van der Waals surface area contributed by atoms with Crippen molar-refractivity contribution in [2.75, 3.05) is 0 Å². The number of nitrogens with zero attached hydrogens (tertiary/aromatic N) is 4. The van der Waals surface area contributed by atoms with Gasteiger partial charge < -0.3 is 4.57 Å². The minimum absolute atomic E-state index is 0.123. The molecule has 0 saturated heterocycles. The van der Waals surface area contributed by atoms with Gasteiger partial charge >= 0.3 is 0 Å². The predicted octanol–water partition coefficient (Wildman–Crippen LogP) is 12.6. The molecule has 5 heteroatoms. The van der Waals surface area contributed by atoms with Gasteiger partial charge in [-0.2, -0.15) is 0 Å². The molecule has 11 rings (SSSR count). The number of hydrogen-bond donors (Lipinski definition) is 0. The molecule has 3 aromatic heterocycles. The molecule has 250 valence electrons. The van der Waals surface area contributed by atoms with Crippen LogP contribution in [-0.4, -0.2) is 19.5 Å². The van der Waals surface area contributed by atoms with Crippen molar-refractivity contribution in [3.8, 4) is 51.0 Å². The summed E-state index contributed by atoms with van der Waals surface area (Å²) in [6.45, 7) is 4.69. The van der Waals surface area contributed by atoms with Crippen LogP contribution in [0.25, 0.3) is 93.0 Å². The molecule has 53 heavy (non-hydrogen) atoms. The van der Waals surface area contributed by atoms with Crippen LogP contribution in [0, 0.1) is 0 Å². The van der Waals surface area contributed by atoms with Crippen molar-refractivity contribution in [3.63, 3.8) is 0 Å². The van der Waals surface area contributed by atoms with Crippen LogP contribution in [0.1, 0.15) is 25.0 Å². The number of rotatable bonds is 4. The SMILES string of the molecule is CC1(C)c2ccccc2-c2cc3c4ccccc4n(-c4ccccc4-c4nc(-c5ccccc5)nc(-c5cccc6c5sc5ccccc56)n4)c3cc21.